The third-order valence-corrected chi connectivity index (χ3v) is 3.23. The Morgan fingerprint density at radius 2 is 1.88 bits per heavy atom. The molecular weight excluding hydrogens is 212 g/mol. The molecule has 0 aromatic heterocycles. The van der Waals surface area contributed by atoms with Crippen LogP contribution in [0, 0.1) is 19.3 Å². The Morgan fingerprint density at radius 3 is 2.35 bits per heavy atom. The van der Waals surface area contributed by atoms with Gasteiger partial charge in [0.25, 0.3) is 0 Å². The average Bonchev–Trinajstić information content (AvgIpc) is 2.16. The van der Waals surface area contributed by atoms with Crippen LogP contribution in [-0.2, 0) is 4.79 Å². The number of carboxylic acid groups (broad SMARTS) is 1. The Hall–Kier alpha value is -1.31. The number of hydrogen-bond donors (Lipinski definition) is 1. The van der Waals surface area contributed by atoms with Crippen LogP contribution in [0.4, 0.5) is 0 Å². The Bertz CT molecular complexity index is 413. The lowest BCUT2D eigenvalue weighted by Crippen LogP contribution is -2.22. The molecule has 0 amide bonds. The highest BCUT2D eigenvalue weighted by Gasteiger charge is 2.29. The first kappa shape index (κ1) is 13.8. The van der Waals surface area contributed by atoms with Crippen molar-refractivity contribution in [3.63, 3.8) is 0 Å². The average molecular weight is 234 g/mol. The van der Waals surface area contributed by atoms with E-state index in [1.165, 1.54) is 16.7 Å². The molecule has 17 heavy (non-hydrogen) atoms. The summed E-state index contributed by atoms with van der Waals surface area (Å²) in [6.45, 7) is 10.4. The van der Waals surface area contributed by atoms with Gasteiger partial charge in [0.2, 0.25) is 0 Å². The first-order valence-electron chi connectivity index (χ1n) is 6.00. The van der Waals surface area contributed by atoms with Crippen LogP contribution >= 0.6 is 0 Å². The van der Waals surface area contributed by atoms with E-state index in [9.17, 15) is 4.79 Å². The van der Waals surface area contributed by atoms with Gasteiger partial charge in [0.15, 0.2) is 0 Å². The number of hydrogen-bond acceptors (Lipinski definition) is 1. The highest BCUT2D eigenvalue weighted by molar-refractivity contribution is 5.68. The summed E-state index contributed by atoms with van der Waals surface area (Å²) in [5.74, 6) is -0.675. The Morgan fingerprint density at radius 1 is 1.29 bits per heavy atom. The molecule has 94 valence electrons. The van der Waals surface area contributed by atoms with Gasteiger partial charge in [0, 0.05) is 0 Å². The second-order valence-corrected chi connectivity index (χ2v) is 5.88. The predicted octanol–water partition coefficient (Wildman–Crippen LogP) is 3.91. The van der Waals surface area contributed by atoms with Crippen molar-refractivity contribution < 1.29 is 9.90 Å². The zero-order valence-electron chi connectivity index (χ0n) is 11.4. The quantitative estimate of drug-likeness (QED) is 0.861. The van der Waals surface area contributed by atoms with E-state index in [1.54, 1.807) is 0 Å². The van der Waals surface area contributed by atoms with Gasteiger partial charge in [-0.2, -0.15) is 0 Å². The van der Waals surface area contributed by atoms with Crippen LogP contribution in [0.5, 0.6) is 0 Å². The van der Waals surface area contributed by atoms with Gasteiger partial charge in [0.1, 0.15) is 0 Å². The largest absolute Gasteiger partial charge is 0.481 e. The van der Waals surface area contributed by atoms with Gasteiger partial charge in [-0.3, -0.25) is 4.79 Å². The summed E-state index contributed by atoms with van der Waals surface area (Å²) in [6.07, 6.45) is 0.188. The summed E-state index contributed by atoms with van der Waals surface area (Å²) in [5.41, 5.74) is 3.48. The molecule has 0 aliphatic carbocycles. The summed E-state index contributed by atoms with van der Waals surface area (Å²) in [5, 5.41) is 9.07. The highest BCUT2D eigenvalue weighted by Crippen LogP contribution is 2.39. The van der Waals surface area contributed by atoms with Crippen LogP contribution in [-0.4, -0.2) is 11.1 Å². The molecule has 1 aromatic rings. The minimum Gasteiger partial charge on any atom is -0.481 e. The molecule has 1 N–H and O–H groups in total. The molecular formula is C15H22O2. The Labute approximate surface area is 104 Å². The molecule has 0 spiro atoms. The minimum absolute atomic E-state index is 0.0447. The monoisotopic (exact) mass is 234 g/mol. The van der Waals surface area contributed by atoms with E-state index < -0.39 is 5.97 Å². The second kappa shape index (κ2) is 4.91. The van der Waals surface area contributed by atoms with Gasteiger partial charge in [-0.1, -0.05) is 44.5 Å². The molecule has 1 unspecified atom stereocenters. The summed E-state index contributed by atoms with van der Waals surface area (Å²) in [6, 6.07) is 6.26. The molecule has 0 radical (unpaired) electrons. The van der Waals surface area contributed by atoms with E-state index in [-0.39, 0.29) is 17.8 Å². The lowest BCUT2D eigenvalue weighted by Gasteiger charge is -2.31. The Balaban J connectivity index is 3.21. The van der Waals surface area contributed by atoms with Crippen molar-refractivity contribution in [1.82, 2.24) is 0 Å². The smallest absolute Gasteiger partial charge is 0.303 e. The van der Waals surface area contributed by atoms with Crippen molar-refractivity contribution in [2.75, 3.05) is 0 Å². The fourth-order valence-electron chi connectivity index (χ4n) is 2.19. The van der Waals surface area contributed by atoms with E-state index in [2.05, 4.69) is 45.9 Å². The fourth-order valence-corrected chi connectivity index (χ4v) is 2.19. The molecule has 1 rings (SSSR count). The molecule has 1 aromatic carbocycles. The summed E-state index contributed by atoms with van der Waals surface area (Å²) < 4.78 is 0. The van der Waals surface area contributed by atoms with Crippen molar-refractivity contribution in [1.29, 1.82) is 0 Å². The van der Waals surface area contributed by atoms with Crippen molar-refractivity contribution in [3.8, 4) is 0 Å². The summed E-state index contributed by atoms with van der Waals surface area (Å²) in [7, 11) is 0. The van der Waals surface area contributed by atoms with Gasteiger partial charge < -0.3 is 5.11 Å². The minimum atomic E-state index is -0.731. The lowest BCUT2D eigenvalue weighted by molar-refractivity contribution is -0.138. The van der Waals surface area contributed by atoms with E-state index in [0.717, 1.165) is 0 Å². The molecule has 0 aliphatic rings. The van der Waals surface area contributed by atoms with Crippen LogP contribution in [0.25, 0.3) is 0 Å². The van der Waals surface area contributed by atoms with Crippen LogP contribution in [0.15, 0.2) is 18.2 Å². The third kappa shape index (κ3) is 3.58. The van der Waals surface area contributed by atoms with Gasteiger partial charge in [-0.05, 0) is 36.3 Å². The molecule has 1 atom stereocenters. The molecule has 0 aliphatic heterocycles. The number of aryl methyl sites for hydroxylation is 2. The van der Waals surface area contributed by atoms with Gasteiger partial charge in [0.05, 0.1) is 6.42 Å². The molecule has 0 saturated heterocycles. The SMILES string of the molecule is Cc1ccc(C)c(C(CC(=O)O)C(C)(C)C)c1. The van der Waals surface area contributed by atoms with E-state index in [1.807, 2.05) is 6.92 Å². The molecule has 2 nitrogen and oxygen atoms in total. The Kier molecular flexibility index (Phi) is 3.97. The van der Waals surface area contributed by atoms with Crippen molar-refractivity contribution in [2.24, 2.45) is 5.41 Å². The predicted molar refractivity (Wildman–Crippen MR) is 70.4 cm³/mol. The van der Waals surface area contributed by atoms with Gasteiger partial charge in [-0.15, -0.1) is 0 Å². The standard InChI is InChI=1S/C15H22O2/c1-10-6-7-11(2)12(8-10)13(9-14(16)17)15(3,4)5/h6-8,13H,9H2,1-5H3,(H,16,17). The number of aliphatic carboxylic acids is 1. The number of carboxylic acids is 1. The number of carbonyl (C=O) groups is 1. The van der Waals surface area contributed by atoms with E-state index in [0.29, 0.717) is 0 Å². The van der Waals surface area contributed by atoms with Crippen LogP contribution in [0.1, 0.15) is 49.8 Å². The number of rotatable bonds is 3. The maximum absolute atomic E-state index is 11.0. The molecule has 0 fully saturated rings. The first-order chi connectivity index (χ1) is 7.71. The fraction of sp³-hybridized carbons (Fsp3) is 0.533. The van der Waals surface area contributed by atoms with Gasteiger partial charge in [-0.25, -0.2) is 0 Å². The lowest BCUT2D eigenvalue weighted by atomic mass is 9.73. The first-order valence-corrected chi connectivity index (χ1v) is 6.00. The maximum Gasteiger partial charge on any atom is 0.303 e. The molecule has 0 bridgehead atoms. The normalized spacial score (nSPS) is 13.5. The van der Waals surface area contributed by atoms with Crippen LogP contribution in [0.3, 0.4) is 0 Å². The van der Waals surface area contributed by atoms with Crippen molar-refractivity contribution >= 4 is 5.97 Å². The van der Waals surface area contributed by atoms with E-state index >= 15 is 0 Å². The summed E-state index contributed by atoms with van der Waals surface area (Å²) >= 11 is 0. The van der Waals surface area contributed by atoms with Crippen LogP contribution in [0.2, 0.25) is 0 Å². The zero-order chi connectivity index (χ0) is 13.2. The second-order valence-electron chi connectivity index (χ2n) is 5.88. The van der Waals surface area contributed by atoms with Crippen LogP contribution < -0.4 is 0 Å². The zero-order valence-corrected chi connectivity index (χ0v) is 11.4. The van der Waals surface area contributed by atoms with Crippen molar-refractivity contribution in [3.05, 3.63) is 34.9 Å². The van der Waals surface area contributed by atoms with Crippen molar-refractivity contribution in [2.45, 2.75) is 47.0 Å². The topological polar surface area (TPSA) is 37.3 Å². The highest BCUT2D eigenvalue weighted by atomic mass is 16.4. The van der Waals surface area contributed by atoms with Gasteiger partial charge >= 0.3 is 5.97 Å². The van der Waals surface area contributed by atoms with E-state index in [4.69, 9.17) is 5.11 Å². The molecule has 0 heterocycles. The summed E-state index contributed by atoms with van der Waals surface area (Å²) in [4.78, 5) is 11.0. The molecule has 0 saturated carbocycles. The maximum atomic E-state index is 11.0. The number of benzene rings is 1. The molecule has 2 heteroatoms. The third-order valence-electron chi connectivity index (χ3n) is 3.23.